The number of anilines is 1. The molecule has 1 heterocycles. The van der Waals surface area contributed by atoms with Crippen molar-refractivity contribution in [2.45, 2.75) is 25.2 Å². The molecule has 0 radical (unpaired) electrons. The average Bonchev–Trinajstić information content (AvgIpc) is 3.47. The largest absolute Gasteiger partial charge is 0.486 e. The molecule has 1 amide bonds. The Bertz CT molecular complexity index is 804. The van der Waals surface area contributed by atoms with E-state index < -0.39 is 0 Å². The summed E-state index contributed by atoms with van der Waals surface area (Å²) in [4.78, 5) is 12.6. The van der Waals surface area contributed by atoms with Crippen molar-refractivity contribution < 1.29 is 19.4 Å². The monoisotopic (exact) mass is 353 g/mol. The molecule has 0 saturated heterocycles. The van der Waals surface area contributed by atoms with Gasteiger partial charge in [0, 0.05) is 18.2 Å². The zero-order valence-electron chi connectivity index (χ0n) is 14.6. The van der Waals surface area contributed by atoms with Crippen molar-refractivity contribution in [2.24, 2.45) is 5.92 Å². The minimum absolute atomic E-state index is 0.00124. The standard InChI is InChI=1S/C21H23NO4/c23-8-2-4-14-3-1-5-16(11-14)22-21(24)18-13-17(18)15-6-7-19-20(12-15)26-10-9-25-19/h1,3,5-7,11-12,17-18,23H,2,4,8-10,13H2,(H,22,24). The van der Waals surface area contributed by atoms with Crippen LogP contribution in [-0.2, 0) is 11.2 Å². The number of hydrogen-bond donors (Lipinski definition) is 2. The van der Waals surface area contributed by atoms with E-state index in [1.54, 1.807) is 0 Å². The van der Waals surface area contributed by atoms with Gasteiger partial charge in [-0.3, -0.25) is 4.79 Å². The fourth-order valence-electron chi connectivity index (χ4n) is 3.47. The van der Waals surface area contributed by atoms with Crippen molar-refractivity contribution in [2.75, 3.05) is 25.1 Å². The summed E-state index contributed by atoms with van der Waals surface area (Å²) in [5.74, 6) is 1.85. The molecule has 5 nitrogen and oxygen atoms in total. The van der Waals surface area contributed by atoms with Crippen LogP contribution in [-0.4, -0.2) is 30.8 Å². The molecule has 1 saturated carbocycles. The number of amides is 1. The molecule has 2 unspecified atom stereocenters. The number of aryl methyl sites for hydroxylation is 1. The molecule has 0 spiro atoms. The second-order valence-corrected chi connectivity index (χ2v) is 6.87. The number of aliphatic hydroxyl groups is 1. The third kappa shape index (κ3) is 3.68. The van der Waals surface area contributed by atoms with Gasteiger partial charge in [-0.15, -0.1) is 0 Å². The molecular weight excluding hydrogens is 330 g/mol. The Labute approximate surface area is 152 Å². The molecule has 0 aromatic heterocycles. The van der Waals surface area contributed by atoms with Crippen molar-refractivity contribution in [3.8, 4) is 11.5 Å². The van der Waals surface area contributed by atoms with Crippen molar-refractivity contribution in [1.82, 2.24) is 0 Å². The van der Waals surface area contributed by atoms with Crippen LogP contribution >= 0.6 is 0 Å². The number of ether oxygens (including phenoxy) is 2. The maximum Gasteiger partial charge on any atom is 0.228 e. The molecule has 2 N–H and O–H groups in total. The molecule has 2 aromatic carbocycles. The van der Waals surface area contributed by atoms with Gasteiger partial charge in [0.05, 0.1) is 0 Å². The minimum atomic E-state index is -0.00124. The Balaban J connectivity index is 1.38. The van der Waals surface area contributed by atoms with E-state index in [4.69, 9.17) is 14.6 Å². The van der Waals surface area contributed by atoms with Crippen molar-refractivity contribution >= 4 is 11.6 Å². The predicted octanol–water partition coefficient (Wildman–Crippen LogP) is 3.12. The topological polar surface area (TPSA) is 67.8 Å². The smallest absolute Gasteiger partial charge is 0.228 e. The van der Waals surface area contributed by atoms with Crippen LogP contribution < -0.4 is 14.8 Å². The summed E-state index contributed by atoms with van der Waals surface area (Å²) in [5, 5.41) is 12.0. The summed E-state index contributed by atoms with van der Waals surface area (Å²) in [5.41, 5.74) is 3.07. The molecule has 1 fully saturated rings. The van der Waals surface area contributed by atoms with Gasteiger partial charge in [-0.1, -0.05) is 18.2 Å². The number of aliphatic hydroxyl groups excluding tert-OH is 1. The van der Waals surface area contributed by atoms with E-state index in [2.05, 4.69) is 5.32 Å². The highest BCUT2D eigenvalue weighted by atomic mass is 16.6. The van der Waals surface area contributed by atoms with E-state index in [9.17, 15) is 4.79 Å². The van der Waals surface area contributed by atoms with Crippen LogP contribution in [0.15, 0.2) is 42.5 Å². The summed E-state index contributed by atoms with van der Waals surface area (Å²) < 4.78 is 11.2. The molecule has 5 heteroatoms. The summed E-state index contributed by atoms with van der Waals surface area (Å²) in [7, 11) is 0. The Morgan fingerprint density at radius 3 is 2.81 bits per heavy atom. The fourth-order valence-corrected chi connectivity index (χ4v) is 3.47. The van der Waals surface area contributed by atoms with E-state index >= 15 is 0 Å². The maximum atomic E-state index is 12.6. The number of nitrogens with one attached hydrogen (secondary N) is 1. The number of carbonyl (C=O) groups is 1. The fraction of sp³-hybridized carbons (Fsp3) is 0.381. The van der Waals surface area contributed by atoms with Gasteiger partial charge in [-0.05, 0) is 60.6 Å². The van der Waals surface area contributed by atoms with Crippen LogP contribution in [0, 0.1) is 5.92 Å². The molecule has 1 aliphatic heterocycles. The normalized spacial score (nSPS) is 20.5. The van der Waals surface area contributed by atoms with Crippen molar-refractivity contribution in [3.05, 3.63) is 53.6 Å². The minimum Gasteiger partial charge on any atom is -0.486 e. The highest BCUT2D eigenvalue weighted by Crippen LogP contribution is 2.49. The maximum absolute atomic E-state index is 12.6. The second-order valence-electron chi connectivity index (χ2n) is 6.87. The number of carbonyl (C=O) groups excluding carboxylic acids is 1. The van der Waals surface area contributed by atoms with Crippen LogP contribution in [0.4, 0.5) is 5.69 Å². The molecular formula is C21H23NO4. The lowest BCUT2D eigenvalue weighted by molar-refractivity contribution is -0.117. The first-order chi connectivity index (χ1) is 12.7. The quantitative estimate of drug-likeness (QED) is 0.837. The zero-order valence-corrected chi connectivity index (χ0v) is 14.6. The Morgan fingerprint density at radius 1 is 1.12 bits per heavy atom. The first-order valence-electron chi connectivity index (χ1n) is 9.15. The molecule has 26 heavy (non-hydrogen) atoms. The second kappa shape index (κ2) is 7.38. The first kappa shape index (κ1) is 16.9. The van der Waals surface area contributed by atoms with E-state index in [1.165, 1.54) is 0 Å². The number of fused-ring (bicyclic) bond motifs is 1. The molecule has 0 bridgehead atoms. The highest BCUT2D eigenvalue weighted by molar-refractivity contribution is 5.95. The third-order valence-electron chi connectivity index (χ3n) is 4.94. The van der Waals surface area contributed by atoms with Gasteiger partial charge < -0.3 is 19.9 Å². The van der Waals surface area contributed by atoms with Crippen molar-refractivity contribution in [3.63, 3.8) is 0 Å². The predicted molar refractivity (Wildman–Crippen MR) is 98.8 cm³/mol. The number of benzene rings is 2. The lowest BCUT2D eigenvalue weighted by Gasteiger charge is -2.18. The molecule has 1 aliphatic carbocycles. The van der Waals surface area contributed by atoms with E-state index in [0.717, 1.165) is 47.6 Å². The van der Waals surface area contributed by atoms with Crippen LogP contribution in [0.1, 0.15) is 29.9 Å². The van der Waals surface area contributed by atoms with Gasteiger partial charge in [0.1, 0.15) is 13.2 Å². The number of rotatable bonds is 6. The van der Waals surface area contributed by atoms with Crippen LogP contribution in [0.5, 0.6) is 11.5 Å². The highest BCUT2D eigenvalue weighted by Gasteiger charge is 2.44. The zero-order chi connectivity index (χ0) is 17.9. The molecule has 2 atom stereocenters. The van der Waals surface area contributed by atoms with Crippen LogP contribution in [0.3, 0.4) is 0 Å². The van der Waals surface area contributed by atoms with Gasteiger partial charge in [-0.2, -0.15) is 0 Å². The Morgan fingerprint density at radius 2 is 1.96 bits per heavy atom. The summed E-state index contributed by atoms with van der Waals surface area (Å²) in [6, 6.07) is 13.8. The van der Waals surface area contributed by atoms with Gasteiger partial charge in [0.2, 0.25) is 5.91 Å². The third-order valence-corrected chi connectivity index (χ3v) is 4.94. The summed E-state index contributed by atoms with van der Waals surface area (Å²) in [6.45, 7) is 1.33. The van der Waals surface area contributed by atoms with Gasteiger partial charge in [-0.25, -0.2) is 0 Å². The number of hydrogen-bond acceptors (Lipinski definition) is 4. The van der Waals surface area contributed by atoms with Crippen molar-refractivity contribution in [1.29, 1.82) is 0 Å². The van der Waals surface area contributed by atoms with Crippen LogP contribution in [0.2, 0.25) is 0 Å². The van der Waals surface area contributed by atoms with Gasteiger partial charge >= 0.3 is 0 Å². The Kier molecular flexibility index (Phi) is 4.80. The molecule has 4 rings (SSSR count). The average molecular weight is 353 g/mol. The summed E-state index contributed by atoms with van der Waals surface area (Å²) >= 11 is 0. The van der Waals surface area contributed by atoms with Gasteiger partial charge in [0.25, 0.3) is 0 Å². The van der Waals surface area contributed by atoms with Crippen LogP contribution in [0.25, 0.3) is 0 Å². The van der Waals surface area contributed by atoms with E-state index in [-0.39, 0.29) is 24.3 Å². The molecule has 136 valence electrons. The van der Waals surface area contributed by atoms with E-state index in [0.29, 0.717) is 13.2 Å². The molecule has 2 aromatic rings. The molecule has 2 aliphatic rings. The lowest BCUT2D eigenvalue weighted by Crippen LogP contribution is -2.16. The summed E-state index contributed by atoms with van der Waals surface area (Å²) in [6.07, 6.45) is 2.39. The Hall–Kier alpha value is -2.53. The van der Waals surface area contributed by atoms with Gasteiger partial charge in [0.15, 0.2) is 11.5 Å². The SMILES string of the molecule is O=C(Nc1cccc(CCCO)c1)C1CC1c1ccc2c(c1)OCCO2. The lowest BCUT2D eigenvalue weighted by atomic mass is 10.1. The van der Waals surface area contributed by atoms with E-state index in [1.807, 2.05) is 42.5 Å². The first-order valence-corrected chi connectivity index (χ1v) is 9.15.